The van der Waals surface area contributed by atoms with E-state index in [1.54, 1.807) is 6.08 Å². The molecule has 0 heterocycles. The molecule has 0 unspecified atom stereocenters. The highest BCUT2D eigenvalue weighted by atomic mass is 16.5. The fraction of sp³-hybridized carbons (Fsp3) is 0.333. The van der Waals surface area contributed by atoms with E-state index in [1.165, 1.54) is 12.7 Å². The lowest BCUT2D eigenvalue weighted by molar-refractivity contribution is -0.135. The Morgan fingerprint density at radius 3 is 2.89 bits per heavy atom. The van der Waals surface area contributed by atoms with Crippen LogP contribution >= 0.6 is 0 Å². The van der Waals surface area contributed by atoms with Gasteiger partial charge in [-0.3, -0.25) is 0 Å². The van der Waals surface area contributed by atoms with Crippen LogP contribution in [-0.4, -0.2) is 13.1 Å². The Morgan fingerprint density at radius 1 is 1.50 bits per heavy atom. The monoisotopic (exact) mass is 243 g/mol. The molecule has 0 bridgehead atoms. The zero-order chi connectivity index (χ0) is 13.4. The Labute approximate surface area is 108 Å². The maximum absolute atomic E-state index is 11.3. The summed E-state index contributed by atoms with van der Waals surface area (Å²) in [6.07, 6.45) is 4.85. The summed E-state index contributed by atoms with van der Waals surface area (Å²) in [4.78, 5) is 11.3. The van der Waals surface area contributed by atoms with Crippen molar-refractivity contribution >= 4 is 12.0 Å². The zero-order valence-corrected chi connectivity index (χ0v) is 10.8. The largest absolute Gasteiger partial charge is 0.465 e. The first kappa shape index (κ1) is 14.0. The molecule has 18 heavy (non-hydrogen) atoms. The lowest BCUT2D eigenvalue weighted by Crippen LogP contribution is -2.02. The Morgan fingerprint density at radius 2 is 2.28 bits per heavy atom. The summed E-state index contributed by atoms with van der Waals surface area (Å²) >= 11 is 0. The van der Waals surface area contributed by atoms with Gasteiger partial charge in [-0.1, -0.05) is 37.6 Å². The maximum Gasteiger partial charge on any atom is 0.348 e. The Kier molecular flexibility index (Phi) is 5.66. The van der Waals surface area contributed by atoms with Crippen molar-refractivity contribution in [2.24, 2.45) is 0 Å². The van der Waals surface area contributed by atoms with Crippen LogP contribution in [0.1, 0.15) is 30.9 Å². The van der Waals surface area contributed by atoms with Crippen LogP contribution < -0.4 is 0 Å². The predicted octanol–water partition coefficient (Wildman–Crippen LogP) is 3.11. The van der Waals surface area contributed by atoms with Gasteiger partial charge in [0.15, 0.2) is 0 Å². The van der Waals surface area contributed by atoms with Gasteiger partial charge in [0, 0.05) is 0 Å². The van der Waals surface area contributed by atoms with Crippen LogP contribution in [0.25, 0.3) is 6.08 Å². The van der Waals surface area contributed by atoms with Crippen molar-refractivity contribution in [2.75, 3.05) is 7.11 Å². The van der Waals surface area contributed by atoms with Crippen molar-refractivity contribution in [1.29, 1.82) is 5.26 Å². The van der Waals surface area contributed by atoms with Crippen LogP contribution in [0.2, 0.25) is 0 Å². The summed E-state index contributed by atoms with van der Waals surface area (Å²) < 4.78 is 4.54. The summed E-state index contributed by atoms with van der Waals surface area (Å²) in [7, 11) is 1.27. The smallest absolute Gasteiger partial charge is 0.348 e. The molecule has 0 aliphatic heterocycles. The van der Waals surface area contributed by atoms with Crippen molar-refractivity contribution in [3.63, 3.8) is 0 Å². The van der Waals surface area contributed by atoms with Gasteiger partial charge >= 0.3 is 5.97 Å². The van der Waals surface area contributed by atoms with E-state index in [9.17, 15) is 4.79 Å². The average molecular weight is 243 g/mol. The molecule has 0 atom stereocenters. The molecule has 0 N–H and O–H groups in total. The van der Waals surface area contributed by atoms with Gasteiger partial charge in [0.1, 0.15) is 11.6 Å². The molecule has 0 aromatic heterocycles. The highest BCUT2D eigenvalue weighted by molar-refractivity contribution is 5.97. The molecule has 94 valence electrons. The van der Waals surface area contributed by atoms with Gasteiger partial charge in [-0.2, -0.15) is 5.26 Å². The van der Waals surface area contributed by atoms with Gasteiger partial charge in [-0.25, -0.2) is 4.79 Å². The van der Waals surface area contributed by atoms with Gasteiger partial charge < -0.3 is 4.74 Å². The molecule has 0 aliphatic carbocycles. The number of benzene rings is 1. The van der Waals surface area contributed by atoms with Crippen LogP contribution in [0.15, 0.2) is 29.8 Å². The van der Waals surface area contributed by atoms with E-state index in [2.05, 4.69) is 17.7 Å². The maximum atomic E-state index is 11.3. The molecular weight excluding hydrogens is 226 g/mol. The van der Waals surface area contributed by atoms with Crippen LogP contribution in [0.4, 0.5) is 0 Å². The molecule has 0 radical (unpaired) electrons. The third-order valence-corrected chi connectivity index (χ3v) is 2.61. The van der Waals surface area contributed by atoms with Crippen LogP contribution in [0.5, 0.6) is 0 Å². The Hall–Kier alpha value is -2.08. The van der Waals surface area contributed by atoms with Crippen LogP contribution in [-0.2, 0) is 16.0 Å². The number of carbonyl (C=O) groups excluding carboxylic acids is 1. The van der Waals surface area contributed by atoms with E-state index in [-0.39, 0.29) is 5.57 Å². The number of nitrogens with zero attached hydrogens (tertiary/aromatic N) is 1. The van der Waals surface area contributed by atoms with Gasteiger partial charge in [0.05, 0.1) is 7.11 Å². The number of ether oxygens (including phenoxy) is 1. The summed E-state index contributed by atoms with van der Waals surface area (Å²) in [6.45, 7) is 2.15. The minimum atomic E-state index is -0.600. The second-order valence-electron chi connectivity index (χ2n) is 4.01. The molecule has 1 aromatic carbocycles. The number of esters is 1. The summed E-state index contributed by atoms with van der Waals surface area (Å²) in [5.74, 6) is -0.600. The van der Waals surface area contributed by atoms with Crippen molar-refractivity contribution < 1.29 is 9.53 Å². The third kappa shape index (κ3) is 4.06. The highest BCUT2D eigenvalue weighted by Gasteiger charge is 2.08. The van der Waals surface area contributed by atoms with E-state index in [0.29, 0.717) is 0 Å². The van der Waals surface area contributed by atoms with E-state index in [0.717, 1.165) is 24.8 Å². The average Bonchev–Trinajstić information content (AvgIpc) is 2.42. The Bertz CT molecular complexity index is 484. The molecule has 0 spiro atoms. The lowest BCUT2D eigenvalue weighted by atomic mass is 10.0. The molecular formula is C15H17NO2. The third-order valence-electron chi connectivity index (χ3n) is 2.61. The molecule has 0 saturated heterocycles. The fourth-order valence-electron chi connectivity index (χ4n) is 1.63. The van der Waals surface area contributed by atoms with Gasteiger partial charge in [-0.15, -0.1) is 0 Å². The SMILES string of the molecule is CCCCc1cccc(C=C(C#N)C(=O)OC)c1. The number of hydrogen-bond donors (Lipinski definition) is 0. The molecule has 0 aliphatic rings. The normalized spacial score (nSPS) is 10.8. The number of methoxy groups -OCH3 is 1. The first-order chi connectivity index (χ1) is 8.71. The second-order valence-corrected chi connectivity index (χ2v) is 4.01. The predicted molar refractivity (Wildman–Crippen MR) is 70.7 cm³/mol. The zero-order valence-electron chi connectivity index (χ0n) is 10.8. The van der Waals surface area contributed by atoms with E-state index in [4.69, 9.17) is 5.26 Å². The van der Waals surface area contributed by atoms with Gasteiger partial charge in [0.2, 0.25) is 0 Å². The topological polar surface area (TPSA) is 50.1 Å². The van der Waals surface area contributed by atoms with E-state index < -0.39 is 5.97 Å². The number of unbranched alkanes of at least 4 members (excludes halogenated alkanes) is 1. The molecule has 3 nitrogen and oxygen atoms in total. The van der Waals surface area contributed by atoms with Crippen molar-refractivity contribution in [3.05, 3.63) is 41.0 Å². The number of hydrogen-bond acceptors (Lipinski definition) is 3. The lowest BCUT2D eigenvalue weighted by Gasteiger charge is -2.02. The molecule has 0 fully saturated rings. The molecule has 1 rings (SSSR count). The molecule has 0 amide bonds. The minimum Gasteiger partial charge on any atom is -0.465 e. The number of rotatable bonds is 5. The quantitative estimate of drug-likeness (QED) is 0.453. The summed E-state index contributed by atoms with van der Waals surface area (Å²) in [5, 5.41) is 8.88. The number of nitriles is 1. The summed E-state index contributed by atoms with van der Waals surface area (Å²) in [6, 6.07) is 9.70. The van der Waals surface area contributed by atoms with E-state index in [1.807, 2.05) is 24.3 Å². The van der Waals surface area contributed by atoms with Crippen LogP contribution in [0.3, 0.4) is 0 Å². The fourth-order valence-corrected chi connectivity index (χ4v) is 1.63. The van der Waals surface area contributed by atoms with Crippen LogP contribution in [0, 0.1) is 11.3 Å². The molecule has 0 saturated carbocycles. The Balaban J connectivity index is 2.93. The number of carbonyl (C=O) groups is 1. The second kappa shape index (κ2) is 7.29. The van der Waals surface area contributed by atoms with Gasteiger partial charge in [0.25, 0.3) is 0 Å². The molecule has 1 aromatic rings. The number of aryl methyl sites for hydroxylation is 1. The standard InChI is InChI=1S/C15H17NO2/c1-3-4-6-12-7-5-8-13(9-12)10-14(11-16)15(17)18-2/h5,7-10H,3-4,6H2,1-2H3. The van der Waals surface area contributed by atoms with Crippen molar-refractivity contribution in [1.82, 2.24) is 0 Å². The van der Waals surface area contributed by atoms with Crippen molar-refractivity contribution in [2.45, 2.75) is 26.2 Å². The first-order valence-electron chi connectivity index (χ1n) is 6.00. The highest BCUT2D eigenvalue weighted by Crippen LogP contribution is 2.12. The summed E-state index contributed by atoms with van der Waals surface area (Å²) in [5.41, 5.74) is 2.09. The van der Waals surface area contributed by atoms with Crippen molar-refractivity contribution in [3.8, 4) is 6.07 Å². The van der Waals surface area contributed by atoms with E-state index >= 15 is 0 Å². The molecule has 3 heteroatoms. The van der Waals surface area contributed by atoms with Gasteiger partial charge in [-0.05, 0) is 30.0 Å². The minimum absolute atomic E-state index is 0.0186. The first-order valence-corrected chi connectivity index (χ1v) is 6.00.